The van der Waals surface area contributed by atoms with Gasteiger partial charge in [0.2, 0.25) is 10.0 Å². The summed E-state index contributed by atoms with van der Waals surface area (Å²) >= 11 is 0. The van der Waals surface area contributed by atoms with Gasteiger partial charge < -0.3 is 5.32 Å². The van der Waals surface area contributed by atoms with Crippen LogP contribution in [0.2, 0.25) is 0 Å². The molecule has 112 valence electrons. The summed E-state index contributed by atoms with van der Waals surface area (Å²) in [6.07, 6.45) is 0.844. The number of benzene rings is 1. The minimum absolute atomic E-state index is 0.113. The first-order chi connectivity index (χ1) is 9.31. The summed E-state index contributed by atoms with van der Waals surface area (Å²) in [5.74, 6) is 0.196. The maximum atomic E-state index is 12.2. The molecule has 0 heterocycles. The second-order valence-corrected chi connectivity index (χ2v) is 6.29. The van der Waals surface area contributed by atoms with E-state index >= 15 is 0 Å². The minimum Gasteiger partial charge on any atom is -0.387 e. The molecule has 0 aliphatic heterocycles. The van der Waals surface area contributed by atoms with Crippen molar-refractivity contribution in [3.63, 3.8) is 0 Å². The molecule has 0 bridgehead atoms. The van der Waals surface area contributed by atoms with Crippen LogP contribution in [0.3, 0.4) is 0 Å². The van der Waals surface area contributed by atoms with Crippen molar-refractivity contribution in [1.29, 1.82) is 0 Å². The molecule has 1 aromatic carbocycles. The molecule has 1 aromatic rings. The van der Waals surface area contributed by atoms with Crippen molar-refractivity contribution in [3.8, 4) is 0 Å². The van der Waals surface area contributed by atoms with Gasteiger partial charge in [0.25, 0.3) is 5.69 Å². The minimum atomic E-state index is -3.78. The van der Waals surface area contributed by atoms with Gasteiger partial charge in [-0.15, -0.1) is 0 Å². The maximum absolute atomic E-state index is 12.2. The highest BCUT2D eigenvalue weighted by Gasteiger charge is 2.22. The number of hydrogen-bond donors (Lipinski definition) is 2. The highest BCUT2D eigenvalue weighted by Crippen LogP contribution is 2.26. The Balaban J connectivity index is 3.14. The standard InChI is InChI=1S/C12H19N3O4S/c1-4-9(2)8-14-20(18,19)12-7-10(15(16)17)5-6-11(12)13-3/h5-7,9,13-14H,4,8H2,1-3H3. The first kappa shape index (κ1) is 16.4. The Morgan fingerprint density at radius 2 is 2.05 bits per heavy atom. The number of nitro benzene ring substituents is 1. The molecule has 0 aromatic heterocycles. The van der Waals surface area contributed by atoms with E-state index in [4.69, 9.17) is 0 Å². The van der Waals surface area contributed by atoms with E-state index in [0.29, 0.717) is 12.2 Å². The van der Waals surface area contributed by atoms with Gasteiger partial charge in [0, 0.05) is 25.7 Å². The predicted octanol–water partition coefficient (Wildman–Crippen LogP) is 1.96. The number of hydrogen-bond acceptors (Lipinski definition) is 5. The summed E-state index contributed by atoms with van der Waals surface area (Å²) in [4.78, 5) is 10.0. The van der Waals surface area contributed by atoms with Gasteiger partial charge >= 0.3 is 0 Å². The molecule has 0 amide bonds. The monoisotopic (exact) mass is 301 g/mol. The Bertz CT molecular complexity index is 586. The van der Waals surface area contributed by atoms with Gasteiger partial charge in [0.15, 0.2) is 0 Å². The predicted molar refractivity (Wildman–Crippen MR) is 77.3 cm³/mol. The molecule has 0 aliphatic carbocycles. The first-order valence-electron chi connectivity index (χ1n) is 6.27. The van der Waals surface area contributed by atoms with Crippen LogP contribution in [0.1, 0.15) is 20.3 Å². The Labute approximate surface area is 118 Å². The zero-order valence-electron chi connectivity index (χ0n) is 11.7. The lowest BCUT2D eigenvalue weighted by Gasteiger charge is -2.13. The zero-order chi connectivity index (χ0) is 15.3. The number of non-ortho nitro benzene ring substituents is 1. The van der Waals surface area contributed by atoms with Crippen molar-refractivity contribution in [3.05, 3.63) is 28.3 Å². The molecule has 0 fully saturated rings. The van der Waals surface area contributed by atoms with E-state index < -0.39 is 14.9 Å². The van der Waals surface area contributed by atoms with Crippen LogP contribution in [0.4, 0.5) is 11.4 Å². The van der Waals surface area contributed by atoms with Gasteiger partial charge in [0.1, 0.15) is 4.90 Å². The van der Waals surface area contributed by atoms with E-state index in [-0.39, 0.29) is 16.5 Å². The quantitative estimate of drug-likeness (QED) is 0.592. The highest BCUT2D eigenvalue weighted by molar-refractivity contribution is 7.89. The first-order valence-corrected chi connectivity index (χ1v) is 7.76. The summed E-state index contributed by atoms with van der Waals surface area (Å²) in [6.45, 7) is 4.19. The summed E-state index contributed by atoms with van der Waals surface area (Å²) in [6, 6.07) is 3.71. The van der Waals surface area contributed by atoms with Crippen LogP contribution < -0.4 is 10.0 Å². The van der Waals surface area contributed by atoms with Gasteiger partial charge in [-0.25, -0.2) is 13.1 Å². The van der Waals surface area contributed by atoms with Gasteiger partial charge in [-0.1, -0.05) is 20.3 Å². The van der Waals surface area contributed by atoms with E-state index in [1.54, 1.807) is 7.05 Å². The number of rotatable bonds is 7. The van der Waals surface area contributed by atoms with Crippen LogP contribution in [-0.2, 0) is 10.0 Å². The van der Waals surface area contributed by atoms with Crippen molar-refractivity contribution >= 4 is 21.4 Å². The molecule has 0 spiro atoms. The molecule has 20 heavy (non-hydrogen) atoms. The fourth-order valence-corrected chi connectivity index (χ4v) is 2.92. The SMILES string of the molecule is CCC(C)CNS(=O)(=O)c1cc([N+](=O)[O-])ccc1NC. The van der Waals surface area contributed by atoms with Crippen LogP contribution >= 0.6 is 0 Å². The highest BCUT2D eigenvalue weighted by atomic mass is 32.2. The Morgan fingerprint density at radius 3 is 2.55 bits per heavy atom. The molecule has 2 N–H and O–H groups in total. The molecule has 8 heteroatoms. The summed E-state index contributed by atoms with van der Waals surface area (Å²) in [7, 11) is -2.22. The molecular formula is C12H19N3O4S. The van der Waals surface area contributed by atoms with E-state index in [1.165, 1.54) is 12.1 Å². The average Bonchev–Trinajstić information content (AvgIpc) is 2.43. The summed E-state index contributed by atoms with van der Waals surface area (Å²) < 4.78 is 26.9. The van der Waals surface area contributed by atoms with Crippen LogP contribution in [0.5, 0.6) is 0 Å². The van der Waals surface area contributed by atoms with E-state index in [0.717, 1.165) is 12.5 Å². The van der Waals surface area contributed by atoms with Crippen molar-refractivity contribution < 1.29 is 13.3 Å². The largest absolute Gasteiger partial charge is 0.387 e. The molecule has 1 unspecified atom stereocenters. The third-order valence-electron chi connectivity index (χ3n) is 3.05. The average molecular weight is 301 g/mol. The zero-order valence-corrected chi connectivity index (χ0v) is 12.5. The lowest BCUT2D eigenvalue weighted by atomic mass is 10.1. The lowest BCUT2D eigenvalue weighted by Crippen LogP contribution is -2.28. The molecule has 0 saturated carbocycles. The number of sulfonamides is 1. The maximum Gasteiger partial charge on any atom is 0.270 e. The van der Waals surface area contributed by atoms with Crippen LogP contribution in [-0.4, -0.2) is 26.9 Å². The van der Waals surface area contributed by atoms with Crippen LogP contribution in [0.25, 0.3) is 0 Å². The van der Waals surface area contributed by atoms with Crippen molar-refractivity contribution in [2.45, 2.75) is 25.2 Å². The van der Waals surface area contributed by atoms with Crippen molar-refractivity contribution in [2.75, 3.05) is 18.9 Å². The molecule has 0 saturated heterocycles. The van der Waals surface area contributed by atoms with Crippen LogP contribution in [0, 0.1) is 16.0 Å². The topological polar surface area (TPSA) is 101 Å². The Morgan fingerprint density at radius 1 is 1.40 bits per heavy atom. The smallest absolute Gasteiger partial charge is 0.270 e. The second-order valence-electron chi connectivity index (χ2n) is 4.55. The van der Waals surface area contributed by atoms with Crippen LogP contribution in [0.15, 0.2) is 23.1 Å². The summed E-state index contributed by atoms with van der Waals surface area (Å²) in [5, 5.41) is 13.5. The van der Waals surface area contributed by atoms with Gasteiger partial charge in [-0.05, 0) is 12.0 Å². The normalized spacial score (nSPS) is 12.9. The molecule has 1 rings (SSSR count). The lowest BCUT2D eigenvalue weighted by molar-refractivity contribution is -0.385. The van der Waals surface area contributed by atoms with E-state index in [2.05, 4.69) is 10.0 Å². The van der Waals surface area contributed by atoms with Gasteiger partial charge in [0.05, 0.1) is 10.6 Å². The third kappa shape index (κ3) is 3.91. The van der Waals surface area contributed by atoms with Gasteiger partial charge in [-0.3, -0.25) is 10.1 Å². The molecule has 0 radical (unpaired) electrons. The Kier molecular flexibility index (Phi) is 5.46. The van der Waals surface area contributed by atoms with E-state index in [9.17, 15) is 18.5 Å². The molecular weight excluding hydrogens is 282 g/mol. The molecule has 0 aliphatic rings. The van der Waals surface area contributed by atoms with Crippen molar-refractivity contribution in [1.82, 2.24) is 4.72 Å². The molecule has 7 nitrogen and oxygen atoms in total. The Hall–Kier alpha value is -1.67. The van der Waals surface area contributed by atoms with Crippen molar-refractivity contribution in [2.24, 2.45) is 5.92 Å². The summed E-state index contributed by atoms with van der Waals surface area (Å²) in [5.41, 5.74) is 0.0696. The number of anilines is 1. The fraction of sp³-hybridized carbons (Fsp3) is 0.500. The molecule has 1 atom stereocenters. The third-order valence-corrected chi connectivity index (χ3v) is 4.52. The number of nitrogens with one attached hydrogen (secondary N) is 2. The van der Waals surface area contributed by atoms with Gasteiger partial charge in [-0.2, -0.15) is 0 Å². The number of nitrogens with zero attached hydrogens (tertiary/aromatic N) is 1. The number of nitro groups is 1. The van der Waals surface area contributed by atoms with E-state index in [1.807, 2.05) is 13.8 Å². The fourth-order valence-electron chi connectivity index (χ4n) is 1.53. The second kappa shape index (κ2) is 6.67.